The maximum Gasteiger partial charge on any atom is 0.257 e. The zero-order valence-electron chi connectivity index (χ0n) is 20.0. The number of hydrogen-bond acceptors (Lipinski definition) is 5. The number of nitriles is 1. The average molecular weight is 463 g/mol. The first-order chi connectivity index (χ1) is 16.1. The molecule has 1 amide bonds. The summed E-state index contributed by atoms with van der Waals surface area (Å²) in [7, 11) is 0. The summed E-state index contributed by atoms with van der Waals surface area (Å²) in [6.45, 7) is 5.98. The fraction of sp³-hybridized carbons (Fsp3) is 0.407. The Bertz CT molecular complexity index is 1150. The van der Waals surface area contributed by atoms with E-state index in [1.165, 1.54) is 11.0 Å². The van der Waals surface area contributed by atoms with Gasteiger partial charge in [0.05, 0.1) is 18.2 Å². The molecule has 0 spiro atoms. The van der Waals surface area contributed by atoms with E-state index in [2.05, 4.69) is 11.1 Å². The molecule has 1 aliphatic rings. The van der Waals surface area contributed by atoms with Gasteiger partial charge in [-0.05, 0) is 60.9 Å². The summed E-state index contributed by atoms with van der Waals surface area (Å²) in [5, 5.41) is 9.16. The third-order valence-corrected chi connectivity index (χ3v) is 6.09. The summed E-state index contributed by atoms with van der Waals surface area (Å²) in [6, 6.07) is 14.2. The predicted octanol–water partition coefficient (Wildman–Crippen LogP) is 4.29. The van der Waals surface area contributed by atoms with Gasteiger partial charge >= 0.3 is 0 Å². The van der Waals surface area contributed by atoms with E-state index in [1.54, 1.807) is 31.2 Å². The number of carbonyl (C=O) groups is 2. The van der Waals surface area contributed by atoms with Gasteiger partial charge in [-0.3, -0.25) is 14.5 Å². The summed E-state index contributed by atoms with van der Waals surface area (Å²) < 4.78 is 14.7. The van der Waals surface area contributed by atoms with E-state index in [1.807, 2.05) is 26.0 Å². The molecule has 3 rings (SSSR count). The second kappa shape index (κ2) is 10.6. The van der Waals surface area contributed by atoms with Gasteiger partial charge in [-0.25, -0.2) is 9.38 Å². The lowest BCUT2D eigenvalue weighted by Gasteiger charge is -2.23. The van der Waals surface area contributed by atoms with Crippen molar-refractivity contribution in [1.29, 1.82) is 5.26 Å². The molecular weight excluding hydrogens is 431 g/mol. The third-order valence-electron chi connectivity index (χ3n) is 6.09. The SMILES string of the molecule is CC(C)CC1(C)N=C(N)N(Cc2ccc(CCC(=O)CCc3ccccc3C#N)c(F)c2)C1=O. The summed E-state index contributed by atoms with van der Waals surface area (Å²) in [4.78, 5) is 31.0. The Morgan fingerprint density at radius 3 is 2.50 bits per heavy atom. The lowest BCUT2D eigenvalue weighted by Crippen LogP contribution is -2.43. The fourth-order valence-corrected chi connectivity index (χ4v) is 4.43. The number of carbonyl (C=O) groups excluding carboxylic acids is 2. The van der Waals surface area contributed by atoms with Gasteiger partial charge in [0, 0.05) is 12.8 Å². The van der Waals surface area contributed by atoms with Gasteiger partial charge in [0.15, 0.2) is 5.96 Å². The highest BCUT2D eigenvalue weighted by molar-refractivity contribution is 6.06. The number of nitrogens with two attached hydrogens (primary N) is 1. The van der Waals surface area contributed by atoms with Crippen LogP contribution in [0.5, 0.6) is 0 Å². The molecule has 6 nitrogen and oxygen atoms in total. The minimum atomic E-state index is -0.884. The lowest BCUT2D eigenvalue weighted by molar-refractivity contribution is -0.131. The number of rotatable bonds is 10. The largest absolute Gasteiger partial charge is 0.369 e. The molecule has 0 saturated heterocycles. The Labute approximate surface area is 200 Å². The zero-order valence-corrected chi connectivity index (χ0v) is 20.0. The van der Waals surface area contributed by atoms with Gasteiger partial charge in [-0.15, -0.1) is 0 Å². The number of guanidine groups is 1. The summed E-state index contributed by atoms with van der Waals surface area (Å²) in [5.74, 6) is -0.126. The van der Waals surface area contributed by atoms with Gasteiger partial charge in [0.1, 0.15) is 17.1 Å². The highest BCUT2D eigenvalue weighted by Crippen LogP contribution is 2.29. The second-order valence-electron chi connectivity index (χ2n) is 9.47. The van der Waals surface area contributed by atoms with Crippen LogP contribution in [0.25, 0.3) is 0 Å². The Hall–Kier alpha value is -3.53. The van der Waals surface area contributed by atoms with Crippen LogP contribution >= 0.6 is 0 Å². The molecule has 34 heavy (non-hydrogen) atoms. The zero-order chi connectivity index (χ0) is 24.9. The number of aryl methyl sites for hydroxylation is 2. The molecule has 0 aromatic heterocycles. The number of hydrogen-bond donors (Lipinski definition) is 1. The first-order valence-electron chi connectivity index (χ1n) is 11.6. The molecule has 1 heterocycles. The number of ketones is 1. The number of amides is 1. The summed E-state index contributed by atoms with van der Waals surface area (Å²) in [5.41, 5.74) is 7.61. The van der Waals surface area contributed by atoms with Crippen molar-refractivity contribution in [3.63, 3.8) is 0 Å². The van der Waals surface area contributed by atoms with Gasteiger partial charge in [0.25, 0.3) is 5.91 Å². The molecule has 1 aliphatic heterocycles. The van der Waals surface area contributed by atoms with E-state index in [-0.39, 0.29) is 36.5 Å². The van der Waals surface area contributed by atoms with Crippen LogP contribution in [0.3, 0.4) is 0 Å². The second-order valence-corrected chi connectivity index (χ2v) is 9.47. The topological polar surface area (TPSA) is 99.5 Å². The van der Waals surface area contributed by atoms with Crippen molar-refractivity contribution in [3.8, 4) is 6.07 Å². The van der Waals surface area contributed by atoms with Gasteiger partial charge < -0.3 is 5.73 Å². The number of halogens is 1. The molecule has 1 atom stereocenters. The molecule has 0 bridgehead atoms. The predicted molar refractivity (Wildman–Crippen MR) is 129 cm³/mol. The summed E-state index contributed by atoms with van der Waals surface area (Å²) in [6.07, 6.45) is 1.91. The van der Waals surface area contributed by atoms with E-state index < -0.39 is 11.4 Å². The molecule has 2 aromatic rings. The first-order valence-corrected chi connectivity index (χ1v) is 11.6. The quantitative estimate of drug-likeness (QED) is 0.569. The number of Topliss-reactive ketones (excluding diaryl/α,β-unsaturated/α-hetero) is 1. The van der Waals surface area contributed by atoms with Crippen LogP contribution in [0.4, 0.5) is 4.39 Å². The monoisotopic (exact) mass is 462 g/mol. The number of benzene rings is 2. The van der Waals surface area contributed by atoms with Gasteiger partial charge in [-0.2, -0.15) is 5.26 Å². The van der Waals surface area contributed by atoms with Crippen LogP contribution in [0.1, 0.15) is 62.3 Å². The average Bonchev–Trinajstić information content (AvgIpc) is 2.99. The Kier molecular flexibility index (Phi) is 7.83. The molecule has 0 fully saturated rings. The van der Waals surface area contributed by atoms with E-state index in [0.29, 0.717) is 42.4 Å². The fourth-order valence-electron chi connectivity index (χ4n) is 4.43. The van der Waals surface area contributed by atoms with Crippen LogP contribution in [0, 0.1) is 23.1 Å². The highest BCUT2D eigenvalue weighted by atomic mass is 19.1. The van der Waals surface area contributed by atoms with Crippen LogP contribution in [-0.2, 0) is 29.0 Å². The van der Waals surface area contributed by atoms with Crippen molar-refractivity contribution in [2.24, 2.45) is 16.6 Å². The van der Waals surface area contributed by atoms with E-state index in [9.17, 15) is 14.0 Å². The normalized spacial score (nSPS) is 17.7. The number of nitrogens with zero attached hydrogens (tertiary/aromatic N) is 3. The Morgan fingerprint density at radius 2 is 1.85 bits per heavy atom. The minimum Gasteiger partial charge on any atom is -0.369 e. The molecule has 178 valence electrons. The number of aliphatic imine (C=N–C) groups is 1. The first kappa shape index (κ1) is 25.1. The standard InChI is InChI=1S/C27H31FN4O2/c1-18(2)15-27(3)25(34)32(26(30)31-27)17-19-8-9-21(24(28)14-19)11-13-23(33)12-10-20-6-4-5-7-22(20)16-29/h4-9,14,18H,10-13,15,17H2,1-3H3,(H2,30,31). The lowest BCUT2D eigenvalue weighted by atomic mass is 9.91. The van der Waals surface area contributed by atoms with Gasteiger partial charge in [0.2, 0.25) is 0 Å². The molecule has 7 heteroatoms. The summed E-state index contributed by atoms with van der Waals surface area (Å²) >= 11 is 0. The van der Waals surface area contributed by atoms with Crippen molar-refractivity contribution in [1.82, 2.24) is 4.90 Å². The molecular formula is C27H31FN4O2. The Morgan fingerprint density at radius 1 is 1.18 bits per heavy atom. The van der Waals surface area contributed by atoms with Crippen LogP contribution in [0.2, 0.25) is 0 Å². The molecule has 2 aromatic carbocycles. The minimum absolute atomic E-state index is 0.0207. The maximum atomic E-state index is 14.7. The molecule has 1 unspecified atom stereocenters. The van der Waals surface area contributed by atoms with Crippen molar-refractivity contribution < 1.29 is 14.0 Å². The molecule has 2 N–H and O–H groups in total. The molecule has 0 aliphatic carbocycles. The van der Waals surface area contributed by atoms with Crippen LogP contribution in [0.15, 0.2) is 47.5 Å². The smallest absolute Gasteiger partial charge is 0.257 e. The van der Waals surface area contributed by atoms with E-state index in [0.717, 1.165) is 5.56 Å². The maximum absolute atomic E-state index is 14.7. The Balaban J connectivity index is 1.56. The van der Waals surface area contributed by atoms with Crippen LogP contribution < -0.4 is 5.73 Å². The van der Waals surface area contributed by atoms with Crippen LogP contribution in [-0.4, -0.2) is 28.1 Å². The van der Waals surface area contributed by atoms with Crippen molar-refractivity contribution in [3.05, 3.63) is 70.5 Å². The third kappa shape index (κ3) is 5.88. The van der Waals surface area contributed by atoms with E-state index in [4.69, 9.17) is 11.0 Å². The van der Waals surface area contributed by atoms with E-state index >= 15 is 0 Å². The molecule has 0 saturated carbocycles. The molecule has 0 radical (unpaired) electrons. The highest BCUT2D eigenvalue weighted by Gasteiger charge is 2.44. The van der Waals surface area contributed by atoms with Crippen molar-refractivity contribution in [2.75, 3.05) is 0 Å². The van der Waals surface area contributed by atoms with Crippen molar-refractivity contribution in [2.45, 2.75) is 65.0 Å². The van der Waals surface area contributed by atoms with Crippen molar-refractivity contribution >= 4 is 17.6 Å². The van der Waals surface area contributed by atoms with Gasteiger partial charge in [-0.1, -0.05) is 44.2 Å².